The van der Waals surface area contributed by atoms with Gasteiger partial charge in [0.15, 0.2) is 0 Å². The van der Waals surface area contributed by atoms with E-state index in [0.717, 1.165) is 0 Å². The first-order valence-electron chi connectivity index (χ1n) is 7.39. The predicted molar refractivity (Wildman–Crippen MR) is 75.7 cm³/mol. The average Bonchev–Trinajstić information content (AvgIpc) is 2.41. The third-order valence-electron chi connectivity index (χ3n) is 4.43. The second-order valence-corrected chi connectivity index (χ2v) is 6.28. The number of piperidine rings is 1. The Morgan fingerprint density at radius 1 is 1.29 bits per heavy atom. The van der Waals surface area contributed by atoms with Gasteiger partial charge in [-0.1, -0.05) is 0 Å². The van der Waals surface area contributed by atoms with Crippen molar-refractivity contribution in [2.45, 2.75) is 38.6 Å². The molecule has 0 radical (unpaired) electrons. The molecule has 7 nitrogen and oxygen atoms in total. The van der Waals surface area contributed by atoms with E-state index in [1.807, 2.05) is 0 Å². The maximum atomic E-state index is 12.6. The normalized spacial score (nSPS) is 22.9. The molecule has 2 saturated heterocycles. The van der Waals surface area contributed by atoms with Crippen LogP contribution in [0.4, 0.5) is 4.79 Å². The van der Waals surface area contributed by atoms with Crippen molar-refractivity contribution < 1.29 is 19.5 Å². The molecule has 0 aromatic heterocycles. The number of amides is 3. The SMILES string of the molecule is CC1(C)C(=O)NCCN1C(=O)N1CCC(CC(=O)O)CC1. The highest BCUT2D eigenvalue weighted by molar-refractivity contribution is 5.91. The van der Waals surface area contributed by atoms with Crippen LogP contribution in [0.3, 0.4) is 0 Å². The maximum Gasteiger partial charge on any atom is 0.320 e. The Kier molecular flexibility index (Phi) is 4.39. The largest absolute Gasteiger partial charge is 0.481 e. The fraction of sp³-hybridized carbons (Fsp3) is 0.786. The number of carbonyl (C=O) groups is 3. The van der Waals surface area contributed by atoms with Gasteiger partial charge in [-0.05, 0) is 32.6 Å². The van der Waals surface area contributed by atoms with Crippen molar-refractivity contribution in [1.82, 2.24) is 15.1 Å². The number of nitrogens with one attached hydrogen (secondary N) is 1. The van der Waals surface area contributed by atoms with Gasteiger partial charge >= 0.3 is 12.0 Å². The first-order valence-corrected chi connectivity index (χ1v) is 7.39. The summed E-state index contributed by atoms with van der Waals surface area (Å²) in [6, 6.07) is -0.122. The first kappa shape index (κ1) is 15.6. The Morgan fingerprint density at radius 2 is 1.90 bits per heavy atom. The molecule has 118 valence electrons. The average molecular weight is 297 g/mol. The van der Waals surface area contributed by atoms with Crippen molar-refractivity contribution in [3.8, 4) is 0 Å². The monoisotopic (exact) mass is 297 g/mol. The zero-order chi connectivity index (χ0) is 15.6. The van der Waals surface area contributed by atoms with E-state index in [9.17, 15) is 14.4 Å². The van der Waals surface area contributed by atoms with Gasteiger partial charge in [-0.15, -0.1) is 0 Å². The predicted octanol–water partition coefficient (Wildman–Crippen LogP) is 0.504. The quantitative estimate of drug-likeness (QED) is 0.777. The number of aliphatic carboxylic acids is 1. The fourth-order valence-electron chi connectivity index (χ4n) is 2.98. The van der Waals surface area contributed by atoms with Crippen molar-refractivity contribution in [3.63, 3.8) is 0 Å². The smallest absolute Gasteiger partial charge is 0.320 e. The van der Waals surface area contributed by atoms with E-state index in [2.05, 4.69) is 5.32 Å². The Balaban J connectivity index is 1.95. The van der Waals surface area contributed by atoms with Crippen LogP contribution in [0.25, 0.3) is 0 Å². The minimum absolute atomic E-state index is 0.122. The standard InChI is InChI=1S/C14H23N3O4/c1-14(2)12(20)15-5-8-17(14)13(21)16-6-3-10(4-7-16)9-11(18)19/h10H,3-9H2,1-2H3,(H,15,20)(H,18,19). The number of carbonyl (C=O) groups excluding carboxylic acids is 2. The highest BCUT2D eigenvalue weighted by Gasteiger charge is 2.42. The highest BCUT2D eigenvalue weighted by Crippen LogP contribution is 2.24. The molecule has 0 saturated carbocycles. The topological polar surface area (TPSA) is 90.0 Å². The van der Waals surface area contributed by atoms with Gasteiger partial charge in [0.05, 0.1) is 0 Å². The van der Waals surface area contributed by atoms with Gasteiger partial charge in [0, 0.05) is 32.6 Å². The molecule has 2 aliphatic heterocycles. The molecule has 2 aliphatic rings. The molecule has 0 unspecified atom stereocenters. The molecular weight excluding hydrogens is 274 g/mol. The molecule has 0 aromatic carbocycles. The van der Waals surface area contributed by atoms with E-state index < -0.39 is 11.5 Å². The van der Waals surface area contributed by atoms with Crippen LogP contribution in [-0.4, -0.2) is 64.5 Å². The first-order chi connectivity index (χ1) is 9.82. The van der Waals surface area contributed by atoms with E-state index in [-0.39, 0.29) is 24.3 Å². The Labute approximate surface area is 124 Å². The van der Waals surface area contributed by atoms with Gasteiger partial charge in [0.2, 0.25) is 5.91 Å². The minimum atomic E-state index is -0.840. The lowest BCUT2D eigenvalue weighted by atomic mass is 9.93. The number of hydrogen-bond donors (Lipinski definition) is 2. The van der Waals surface area contributed by atoms with Crippen molar-refractivity contribution in [1.29, 1.82) is 0 Å². The molecule has 21 heavy (non-hydrogen) atoms. The Bertz CT molecular complexity index is 442. The van der Waals surface area contributed by atoms with Gasteiger partial charge in [0.1, 0.15) is 5.54 Å². The lowest BCUT2D eigenvalue weighted by Gasteiger charge is -2.44. The van der Waals surface area contributed by atoms with Crippen molar-refractivity contribution in [2.24, 2.45) is 5.92 Å². The van der Waals surface area contributed by atoms with Gasteiger partial charge in [-0.25, -0.2) is 4.79 Å². The highest BCUT2D eigenvalue weighted by atomic mass is 16.4. The summed E-state index contributed by atoms with van der Waals surface area (Å²) in [7, 11) is 0. The number of carboxylic acids is 1. The second-order valence-electron chi connectivity index (χ2n) is 6.28. The number of nitrogens with zero attached hydrogens (tertiary/aromatic N) is 2. The van der Waals surface area contributed by atoms with Gasteiger partial charge in [0.25, 0.3) is 0 Å². The van der Waals surface area contributed by atoms with Crippen LogP contribution in [0.1, 0.15) is 33.1 Å². The molecule has 3 amide bonds. The van der Waals surface area contributed by atoms with E-state index in [0.29, 0.717) is 39.0 Å². The summed E-state index contributed by atoms with van der Waals surface area (Å²) in [6.45, 7) is 5.60. The summed E-state index contributed by atoms with van der Waals surface area (Å²) in [5, 5.41) is 11.6. The van der Waals surface area contributed by atoms with Gasteiger partial charge < -0.3 is 20.2 Å². The molecule has 0 spiro atoms. The van der Waals surface area contributed by atoms with E-state index in [1.54, 1.807) is 23.6 Å². The number of rotatable bonds is 2. The van der Waals surface area contributed by atoms with Crippen LogP contribution in [0.15, 0.2) is 0 Å². The summed E-state index contributed by atoms with van der Waals surface area (Å²) in [5.74, 6) is -0.777. The third-order valence-corrected chi connectivity index (χ3v) is 4.43. The summed E-state index contributed by atoms with van der Waals surface area (Å²) in [5.41, 5.74) is -0.840. The van der Waals surface area contributed by atoms with Crippen molar-refractivity contribution in [2.75, 3.05) is 26.2 Å². The molecule has 2 heterocycles. The van der Waals surface area contributed by atoms with Gasteiger partial charge in [-0.3, -0.25) is 9.59 Å². The van der Waals surface area contributed by atoms with E-state index in [4.69, 9.17) is 5.11 Å². The minimum Gasteiger partial charge on any atom is -0.481 e. The van der Waals surface area contributed by atoms with Gasteiger partial charge in [-0.2, -0.15) is 0 Å². The molecule has 2 fully saturated rings. The zero-order valence-electron chi connectivity index (χ0n) is 12.6. The Hall–Kier alpha value is -1.79. The second kappa shape index (κ2) is 5.91. The third kappa shape index (κ3) is 3.28. The number of urea groups is 1. The van der Waals surface area contributed by atoms with Crippen LogP contribution in [0.5, 0.6) is 0 Å². The zero-order valence-corrected chi connectivity index (χ0v) is 12.6. The molecule has 2 rings (SSSR count). The number of hydrogen-bond acceptors (Lipinski definition) is 3. The van der Waals surface area contributed by atoms with Crippen molar-refractivity contribution in [3.05, 3.63) is 0 Å². The van der Waals surface area contributed by atoms with Crippen LogP contribution >= 0.6 is 0 Å². The number of piperazine rings is 1. The summed E-state index contributed by atoms with van der Waals surface area (Å²) < 4.78 is 0. The molecule has 0 bridgehead atoms. The number of carboxylic acid groups (broad SMARTS) is 1. The van der Waals surface area contributed by atoms with Crippen molar-refractivity contribution >= 4 is 17.9 Å². The Morgan fingerprint density at radius 3 is 2.48 bits per heavy atom. The molecule has 0 atom stereocenters. The molecule has 2 N–H and O–H groups in total. The van der Waals surface area contributed by atoms with E-state index in [1.165, 1.54) is 0 Å². The van der Waals surface area contributed by atoms with E-state index >= 15 is 0 Å². The van der Waals surface area contributed by atoms with Crippen LogP contribution in [0, 0.1) is 5.92 Å². The molecular formula is C14H23N3O4. The lowest BCUT2D eigenvalue weighted by molar-refractivity contribution is -0.138. The fourth-order valence-corrected chi connectivity index (χ4v) is 2.98. The summed E-state index contributed by atoms with van der Waals surface area (Å²) in [4.78, 5) is 38.6. The molecule has 7 heteroatoms. The summed E-state index contributed by atoms with van der Waals surface area (Å²) in [6.07, 6.45) is 1.58. The lowest BCUT2D eigenvalue weighted by Crippen LogP contribution is -2.65. The van der Waals surface area contributed by atoms with Crippen LogP contribution in [-0.2, 0) is 9.59 Å². The van der Waals surface area contributed by atoms with Crippen LogP contribution in [0.2, 0.25) is 0 Å². The molecule has 0 aliphatic carbocycles. The van der Waals surface area contributed by atoms with Crippen LogP contribution < -0.4 is 5.32 Å². The molecule has 0 aromatic rings. The maximum absolute atomic E-state index is 12.6. The number of likely N-dealkylation sites (tertiary alicyclic amines) is 1. The summed E-state index contributed by atoms with van der Waals surface area (Å²) >= 11 is 0.